The third-order valence-electron chi connectivity index (χ3n) is 3.54. The summed E-state index contributed by atoms with van der Waals surface area (Å²) in [7, 11) is 0. The third-order valence-corrected chi connectivity index (χ3v) is 4.77. The van der Waals surface area contributed by atoms with Gasteiger partial charge in [-0.15, -0.1) is 0 Å². The van der Waals surface area contributed by atoms with E-state index >= 15 is 0 Å². The number of nitrogens with zero attached hydrogens (tertiary/aromatic N) is 1. The molecular weight excluding hydrogens is 297 g/mol. The van der Waals surface area contributed by atoms with Crippen molar-refractivity contribution in [3.63, 3.8) is 0 Å². The molecule has 1 N–H and O–H groups in total. The van der Waals surface area contributed by atoms with Crippen LogP contribution >= 0.6 is 11.8 Å². The van der Waals surface area contributed by atoms with Crippen molar-refractivity contribution in [3.05, 3.63) is 23.7 Å². The molecule has 7 heteroatoms. The Labute approximate surface area is 123 Å². The fourth-order valence-electron chi connectivity index (χ4n) is 2.36. The number of fused-ring (bicyclic) bond motifs is 1. The minimum absolute atomic E-state index is 0.134. The van der Waals surface area contributed by atoms with Crippen molar-refractivity contribution in [2.75, 3.05) is 11.4 Å². The highest BCUT2D eigenvalue weighted by Gasteiger charge is 2.33. The quantitative estimate of drug-likeness (QED) is 0.878. The number of halogens is 1. The van der Waals surface area contributed by atoms with E-state index in [4.69, 9.17) is 4.42 Å². The number of benzene rings is 1. The lowest BCUT2D eigenvalue weighted by molar-refractivity contribution is 0.112. The van der Waals surface area contributed by atoms with Gasteiger partial charge in [0.05, 0.1) is 11.3 Å². The van der Waals surface area contributed by atoms with Crippen molar-refractivity contribution in [2.45, 2.75) is 18.6 Å². The Morgan fingerprint density at radius 1 is 1.62 bits per heavy atom. The van der Waals surface area contributed by atoms with Crippen LogP contribution in [0.1, 0.15) is 23.7 Å². The van der Waals surface area contributed by atoms with E-state index in [0.717, 1.165) is 6.42 Å². The van der Waals surface area contributed by atoms with Gasteiger partial charge in [-0.05, 0) is 12.5 Å². The summed E-state index contributed by atoms with van der Waals surface area (Å²) < 4.78 is 19.1. The summed E-state index contributed by atoms with van der Waals surface area (Å²) in [5.74, 6) is -1.74. The summed E-state index contributed by atoms with van der Waals surface area (Å²) in [5, 5.41) is 9.90. The molecule has 0 spiro atoms. The van der Waals surface area contributed by atoms with Crippen molar-refractivity contribution < 1.29 is 23.5 Å². The molecule has 5 nitrogen and oxygen atoms in total. The summed E-state index contributed by atoms with van der Waals surface area (Å²) in [6, 6.07) is 1.33. The number of carbonyl (C=O) groups excluding carboxylic acids is 2. The number of amides is 1. The Morgan fingerprint density at radius 3 is 3.00 bits per heavy atom. The molecule has 1 fully saturated rings. The van der Waals surface area contributed by atoms with Gasteiger partial charge < -0.3 is 9.52 Å². The van der Waals surface area contributed by atoms with Crippen LogP contribution in [0.5, 0.6) is 5.75 Å². The number of phenols is 1. The molecule has 0 unspecified atom stereocenters. The monoisotopic (exact) mass is 309 g/mol. The maximum absolute atomic E-state index is 14.0. The summed E-state index contributed by atoms with van der Waals surface area (Å²) in [4.78, 5) is 24.4. The number of aromatic hydroxyl groups is 1. The van der Waals surface area contributed by atoms with E-state index in [-0.39, 0.29) is 21.6 Å². The fraction of sp³-hybridized carbons (Fsp3) is 0.286. The van der Waals surface area contributed by atoms with Gasteiger partial charge in [0.2, 0.25) is 5.82 Å². The highest BCUT2D eigenvalue weighted by atomic mass is 32.2. The number of anilines is 1. The van der Waals surface area contributed by atoms with Crippen LogP contribution in [-0.2, 0) is 0 Å². The maximum Gasteiger partial charge on any atom is 0.286 e. The molecule has 21 heavy (non-hydrogen) atoms. The summed E-state index contributed by atoms with van der Waals surface area (Å²) in [5.41, 5.74) is 0.0836. The molecule has 1 saturated heterocycles. The van der Waals surface area contributed by atoms with Gasteiger partial charge in [-0.3, -0.25) is 14.5 Å². The lowest BCUT2D eigenvalue weighted by atomic mass is 10.1. The smallest absolute Gasteiger partial charge is 0.286 e. The van der Waals surface area contributed by atoms with Crippen LogP contribution in [0, 0.1) is 5.82 Å². The van der Waals surface area contributed by atoms with Crippen LogP contribution in [0.2, 0.25) is 0 Å². The Hall–Kier alpha value is -2.02. The largest absolute Gasteiger partial charge is 0.504 e. The average molecular weight is 309 g/mol. The van der Waals surface area contributed by atoms with Crippen LogP contribution in [0.4, 0.5) is 14.9 Å². The molecule has 1 aromatic heterocycles. The van der Waals surface area contributed by atoms with Crippen LogP contribution in [0.3, 0.4) is 0 Å². The van der Waals surface area contributed by atoms with E-state index in [0.29, 0.717) is 23.9 Å². The predicted molar refractivity (Wildman–Crippen MR) is 77.6 cm³/mol. The number of furan rings is 1. The number of hydrogen-bond donors (Lipinski definition) is 1. The second-order valence-corrected chi connectivity index (χ2v) is 6.02. The van der Waals surface area contributed by atoms with Gasteiger partial charge in [-0.25, -0.2) is 0 Å². The fourth-order valence-corrected chi connectivity index (χ4v) is 3.33. The van der Waals surface area contributed by atoms with Crippen LogP contribution in [0.15, 0.2) is 16.7 Å². The maximum atomic E-state index is 14.0. The number of rotatable bonds is 3. The average Bonchev–Trinajstić information content (AvgIpc) is 3.05. The normalized spacial score (nSPS) is 18.7. The number of phenolic OH excluding ortho intramolecular Hbond substituents is 1. The standard InChI is InChI=1S/C14H12FNO4S/c1-2-8-4-16(14(19)21-8)10-6-20-13-9(10)3-7(5-17)12(18)11(13)15/h3,5-6,8,18H,2,4H2,1H3/t8-/m0/s1. The van der Waals surface area contributed by atoms with Crippen LogP contribution < -0.4 is 4.90 Å². The summed E-state index contributed by atoms with van der Waals surface area (Å²) >= 11 is 1.23. The minimum atomic E-state index is -0.993. The molecule has 110 valence electrons. The van der Waals surface area contributed by atoms with Gasteiger partial charge in [-0.2, -0.15) is 4.39 Å². The Bertz CT molecular complexity index is 742. The first-order valence-corrected chi connectivity index (χ1v) is 7.30. The van der Waals surface area contributed by atoms with E-state index in [1.165, 1.54) is 29.0 Å². The highest BCUT2D eigenvalue weighted by molar-refractivity contribution is 8.14. The molecule has 1 aliphatic heterocycles. The van der Waals surface area contributed by atoms with E-state index in [1.54, 1.807) is 0 Å². The van der Waals surface area contributed by atoms with Gasteiger partial charge in [0, 0.05) is 17.2 Å². The van der Waals surface area contributed by atoms with E-state index in [2.05, 4.69) is 0 Å². The van der Waals surface area contributed by atoms with Gasteiger partial charge in [-0.1, -0.05) is 18.7 Å². The Kier molecular flexibility index (Phi) is 3.36. The molecule has 0 aliphatic carbocycles. The summed E-state index contributed by atoms with van der Waals surface area (Å²) in [6.07, 6.45) is 2.49. The van der Waals surface area contributed by atoms with Crippen molar-refractivity contribution in [2.24, 2.45) is 0 Å². The first-order valence-electron chi connectivity index (χ1n) is 6.42. The van der Waals surface area contributed by atoms with E-state index in [9.17, 15) is 19.1 Å². The molecule has 1 aromatic carbocycles. The summed E-state index contributed by atoms with van der Waals surface area (Å²) in [6.45, 7) is 2.50. The molecule has 0 radical (unpaired) electrons. The molecule has 2 aromatic rings. The minimum Gasteiger partial charge on any atom is -0.504 e. The molecule has 1 atom stereocenters. The van der Waals surface area contributed by atoms with Crippen molar-refractivity contribution in [1.82, 2.24) is 0 Å². The van der Waals surface area contributed by atoms with Crippen LogP contribution in [0.25, 0.3) is 11.0 Å². The van der Waals surface area contributed by atoms with Crippen molar-refractivity contribution in [1.29, 1.82) is 0 Å². The first-order chi connectivity index (χ1) is 10.1. The zero-order chi connectivity index (χ0) is 15.1. The Morgan fingerprint density at radius 2 is 2.38 bits per heavy atom. The third kappa shape index (κ3) is 2.08. The molecular formula is C14H12FNO4S. The topological polar surface area (TPSA) is 70.8 Å². The Balaban J connectivity index is 2.14. The number of carbonyl (C=O) groups is 2. The number of aldehydes is 1. The van der Waals surface area contributed by atoms with Crippen LogP contribution in [-0.4, -0.2) is 28.4 Å². The molecule has 0 saturated carbocycles. The lowest BCUT2D eigenvalue weighted by Crippen LogP contribution is -2.23. The molecule has 2 heterocycles. The molecule has 1 amide bonds. The number of thioether (sulfide) groups is 1. The van der Waals surface area contributed by atoms with E-state index in [1.807, 2.05) is 6.92 Å². The SMILES string of the molecule is CC[C@H]1CN(c2coc3c(F)c(O)c(C=O)cc23)C(=O)S1. The van der Waals surface area contributed by atoms with Crippen molar-refractivity contribution >= 4 is 39.9 Å². The molecule has 0 bridgehead atoms. The van der Waals surface area contributed by atoms with Gasteiger partial charge >= 0.3 is 0 Å². The second-order valence-electron chi connectivity index (χ2n) is 4.77. The van der Waals surface area contributed by atoms with Gasteiger partial charge in [0.1, 0.15) is 6.26 Å². The van der Waals surface area contributed by atoms with Gasteiger partial charge in [0.15, 0.2) is 17.6 Å². The lowest BCUT2D eigenvalue weighted by Gasteiger charge is -2.13. The highest BCUT2D eigenvalue weighted by Crippen LogP contribution is 2.40. The molecule has 1 aliphatic rings. The number of hydrogen-bond acceptors (Lipinski definition) is 5. The van der Waals surface area contributed by atoms with Crippen molar-refractivity contribution in [3.8, 4) is 5.75 Å². The predicted octanol–water partition coefficient (Wildman–Crippen LogP) is 3.54. The van der Waals surface area contributed by atoms with Gasteiger partial charge in [0.25, 0.3) is 5.24 Å². The zero-order valence-electron chi connectivity index (χ0n) is 11.1. The zero-order valence-corrected chi connectivity index (χ0v) is 11.9. The second kappa shape index (κ2) is 5.07. The molecule has 3 rings (SSSR count). The first kappa shape index (κ1) is 13.9. The van der Waals surface area contributed by atoms with E-state index < -0.39 is 11.6 Å².